The third-order valence-corrected chi connectivity index (χ3v) is 4.64. The third kappa shape index (κ3) is 2.77. The summed E-state index contributed by atoms with van der Waals surface area (Å²) in [6, 6.07) is 0. The summed E-state index contributed by atoms with van der Waals surface area (Å²) in [5, 5.41) is 3.51. The summed E-state index contributed by atoms with van der Waals surface area (Å²) in [5.41, 5.74) is 1.47. The molecule has 2 fully saturated rings. The first-order valence-corrected chi connectivity index (χ1v) is 7.64. The molecular weight excluding hydrogens is 222 g/mol. The standard InChI is InChI=1S/C15H25N3/c1-2-5-13(6-3-1)11-18-12-17-10-15(18)14-7-4-8-16-9-14/h10,12-14,16H,1-9,11H2. The molecule has 0 spiro atoms. The first-order chi connectivity index (χ1) is 8.93. The summed E-state index contributed by atoms with van der Waals surface area (Å²) in [7, 11) is 0. The topological polar surface area (TPSA) is 29.9 Å². The smallest absolute Gasteiger partial charge is 0.0948 e. The van der Waals surface area contributed by atoms with Crippen molar-refractivity contribution in [2.45, 2.75) is 57.4 Å². The second-order valence-electron chi connectivity index (χ2n) is 6.02. The molecule has 1 saturated carbocycles. The maximum Gasteiger partial charge on any atom is 0.0948 e. The molecule has 0 amide bonds. The van der Waals surface area contributed by atoms with Crippen LogP contribution >= 0.6 is 0 Å². The van der Waals surface area contributed by atoms with Crippen molar-refractivity contribution in [3.05, 3.63) is 18.2 Å². The molecule has 0 bridgehead atoms. The van der Waals surface area contributed by atoms with Crippen LogP contribution in [0.2, 0.25) is 0 Å². The minimum atomic E-state index is 0.685. The first kappa shape index (κ1) is 12.2. The highest BCUT2D eigenvalue weighted by Gasteiger charge is 2.21. The van der Waals surface area contributed by atoms with E-state index in [4.69, 9.17) is 0 Å². The third-order valence-electron chi connectivity index (χ3n) is 4.64. The average molecular weight is 247 g/mol. The Kier molecular flexibility index (Phi) is 3.99. The largest absolute Gasteiger partial charge is 0.334 e. The van der Waals surface area contributed by atoms with Crippen LogP contribution in [0.1, 0.15) is 56.6 Å². The van der Waals surface area contributed by atoms with Crippen LogP contribution in [0.25, 0.3) is 0 Å². The van der Waals surface area contributed by atoms with Gasteiger partial charge >= 0.3 is 0 Å². The number of piperidine rings is 1. The van der Waals surface area contributed by atoms with Crippen LogP contribution in [0.3, 0.4) is 0 Å². The van der Waals surface area contributed by atoms with E-state index in [1.54, 1.807) is 0 Å². The van der Waals surface area contributed by atoms with Gasteiger partial charge in [0.1, 0.15) is 0 Å². The van der Waals surface area contributed by atoms with Gasteiger partial charge in [0.05, 0.1) is 6.33 Å². The number of rotatable bonds is 3. The van der Waals surface area contributed by atoms with Crippen molar-refractivity contribution < 1.29 is 0 Å². The van der Waals surface area contributed by atoms with Gasteiger partial charge in [-0.1, -0.05) is 19.3 Å². The molecule has 1 aliphatic heterocycles. The van der Waals surface area contributed by atoms with Crippen LogP contribution in [0.5, 0.6) is 0 Å². The minimum Gasteiger partial charge on any atom is -0.334 e. The lowest BCUT2D eigenvalue weighted by Gasteiger charge is -2.27. The molecule has 1 aliphatic carbocycles. The van der Waals surface area contributed by atoms with Gasteiger partial charge in [-0.15, -0.1) is 0 Å². The quantitative estimate of drug-likeness (QED) is 0.890. The van der Waals surface area contributed by atoms with Crippen LogP contribution in [0.4, 0.5) is 0 Å². The van der Waals surface area contributed by atoms with Gasteiger partial charge in [0.25, 0.3) is 0 Å². The minimum absolute atomic E-state index is 0.685. The molecule has 1 aromatic heterocycles. The number of aromatic nitrogens is 2. The summed E-state index contributed by atoms with van der Waals surface area (Å²) in [5.74, 6) is 1.58. The summed E-state index contributed by atoms with van der Waals surface area (Å²) in [4.78, 5) is 4.40. The van der Waals surface area contributed by atoms with Crippen LogP contribution < -0.4 is 5.32 Å². The van der Waals surface area contributed by atoms with Crippen molar-refractivity contribution in [3.63, 3.8) is 0 Å². The number of imidazole rings is 1. The lowest BCUT2D eigenvalue weighted by Crippen LogP contribution is -2.30. The van der Waals surface area contributed by atoms with E-state index in [2.05, 4.69) is 27.4 Å². The zero-order valence-electron chi connectivity index (χ0n) is 11.3. The molecule has 1 aromatic rings. The summed E-state index contributed by atoms with van der Waals surface area (Å²) in [6.45, 7) is 3.52. The molecule has 3 rings (SSSR count). The lowest BCUT2D eigenvalue weighted by molar-refractivity contribution is 0.311. The number of nitrogens with one attached hydrogen (secondary N) is 1. The molecule has 3 heteroatoms. The van der Waals surface area contributed by atoms with Crippen LogP contribution in [0, 0.1) is 5.92 Å². The Morgan fingerprint density at radius 3 is 2.83 bits per heavy atom. The SMILES string of the molecule is c1ncn(CC2CCCCC2)c1C1CCCNC1. The van der Waals surface area contributed by atoms with Gasteiger partial charge in [0.15, 0.2) is 0 Å². The summed E-state index contributed by atoms with van der Waals surface area (Å²) < 4.78 is 2.44. The molecule has 1 atom stereocenters. The molecule has 1 unspecified atom stereocenters. The van der Waals surface area contributed by atoms with Gasteiger partial charge in [-0.2, -0.15) is 0 Å². The molecule has 2 heterocycles. The number of hydrogen-bond acceptors (Lipinski definition) is 2. The summed E-state index contributed by atoms with van der Waals surface area (Å²) in [6.07, 6.45) is 13.9. The highest BCUT2D eigenvalue weighted by molar-refractivity contribution is 5.08. The van der Waals surface area contributed by atoms with Crippen molar-refractivity contribution in [2.24, 2.45) is 5.92 Å². The van der Waals surface area contributed by atoms with Crippen molar-refractivity contribution in [1.29, 1.82) is 0 Å². The van der Waals surface area contributed by atoms with Gasteiger partial charge in [-0.25, -0.2) is 4.98 Å². The van der Waals surface area contributed by atoms with Gasteiger partial charge in [0.2, 0.25) is 0 Å². The molecule has 0 radical (unpaired) electrons. The Morgan fingerprint density at radius 2 is 2.06 bits per heavy atom. The van der Waals surface area contributed by atoms with E-state index in [9.17, 15) is 0 Å². The van der Waals surface area contributed by atoms with Gasteiger partial charge in [-0.3, -0.25) is 0 Å². The fourth-order valence-electron chi connectivity index (χ4n) is 3.58. The van der Waals surface area contributed by atoms with Crippen molar-refractivity contribution >= 4 is 0 Å². The van der Waals surface area contributed by atoms with Gasteiger partial charge < -0.3 is 9.88 Å². The van der Waals surface area contributed by atoms with E-state index >= 15 is 0 Å². The predicted octanol–water partition coefficient (Wildman–Crippen LogP) is 2.93. The highest BCUT2D eigenvalue weighted by Crippen LogP contribution is 2.28. The Labute approximate surface area is 110 Å². The Bertz CT molecular complexity index is 360. The second kappa shape index (κ2) is 5.87. The molecular formula is C15H25N3. The first-order valence-electron chi connectivity index (χ1n) is 7.64. The van der Waals surface area contributed by atoms with E-state index in [1.807, 2.05) is 0 Å². The lowest BCUT2D eigenvalue weighted by atomic mass is 9.89. The maximum absolute atomic E-state index is 4.40. The zero-order valence-corrected chi connectivity index (χ0v) is 11.3. The molecule has 100 valence electrons. The Hall–Kier alpha value is -0.830. The van der Waals surface area contributed by atoms with E-state index < -0.39 is 0 Å². The van der Waals surface area contributed by atoms with E-state index in [1.165, 1.54) is 63.7 Å². The van der Waals surface area contributed by atoms with Crippen molar-refractivity contribution in [1.82, 2.24) is 14.9 Å². The van der Waals surface area contributed by atoms with Crippen LogP contribution in [-0.4, -0.2) is 22.6 Å². The number of nitrogens with zero attached hydrogens (tertiary/aromatic N) is 2. The maximum atomic E-state index is 4.40. The molecule has 1 saturated heterocycles. The molecule has 18 heavy (non-hydrogen) atoms. The van der Waals surface area contributed by atoms with Gasteiger partial charge in [0, 0.05) is 30.9 Å². The van der Waals surface area contributed by atoms with Crippen molar-refractivity contribution in [3.8, 4) is 0 Å². The second-order valence-corrected chi connectivity index (χ2v) is 6.02. The molecule has 1 N–H and O–H groups in total. The fourth-order valence-corrected chi connectivity index (χ4v) is 3.58. The predicted molar refractivity (Wildman–Crippen MR) is 73.6 cm³/mol. The molecule has 0 aromatic carbocycles. The summed E-state index contributed by atoms with van der Waals surface area (Å²) >= 11 is 0. The monoisotopic (exact) mass is 247 g/mol. The fraction of sp³-hybridized carbons (Fsp3) is 0.800. The Morgan fingerprint density at radius 1 is 1.17 bits per heavy atom. The van der Waals surface area contributed by atoms with Crippen LogP contribution in [-0.2, 0) is 6.54 Å². The van der Waals surface area contributed by atoms with E-state index in [-0.39, 0.29) is 0 Å². The molecule has 3 nitrogen and oxygen atoms in total. The Balaban J connectivity index is 1.66. The molecule has 2 aliphatic rings. The normalized spacial score (nSPS) is 26.3. The van der Waals surface area contributed by atoms with E-state index in [0.717, 1.165) is 12.5 Å². The highest BCUT2D eigenvalue weighted by atomic mass is 15.1. The van der Waals surface area contributed by atoms with E-state index in [0.29, 0.717) is 5.92 Å². The van der Waals surface area contributed by atoms with Gasteiger partial charge in [-0.05, 0) is 38.1 Å². The van der Waals surface area contributed by atoms with Crippen molar-refractivity contribution in [2.75, 3.05) is 13.1 Å². The number of hydrogen-bond donors (Lipinski definition) is 1. The van der Waals surface area contributed by atoms with Crippen LogP contribution in [0.15, 0.2) is 12.5 Å². The average Bonchev–Trinajstić information content (AvgIpc) is 2.89. The zero-order chi connectivity index (χ0) is 12.2.